The Labute approximate surface area is 101 Å². The third-order valence-electron chi connectivity index (χ3n) is 2.67. The lowest BCUT2D eigenvalue weighted by Gasteiger charge is -2.15. The number of hydrogen-bond acceptors (Lipinski definition) is 4. The Bertz CT molecular complexity index is 434. The predicted molar refractivity (Wildman–Crippen MR) is 65.9 cm³/mol. The van der Waals surface area contributed by atoms with E-state index >= 15 is 0 Å². The summed E-state index contributed by atoms with van der Waals surface area (Å²) >= 11 is 0. The smallest absolute Gasteiger partial charge is 0.138 e. The van der Waals surface area contributed by atoms with Gasteiger partial charge >= 0.3 is 0 Å². The molecule has 17 heavy (non-hydrogen) atoms. The van der Waals surface area contributed by atoms with Gasteiger partial charge in [0.2, 0.25) is 0 Å². The van der Waals surface area contributed by atoms with Gasteiger partial charge < -0.3 is 5.32 Å². The van der Waals surface area contributed by atoms with Gasteiger partial charge in [-0.1, -0.05) is 13.8 Å². The van der Waals surface area contributed by atoms with Crippen LogP contribution in [0.15, 0.2) is 31.0 Å². The largest absolute Gasteiger partial charge is 0.309 e. The molecule has 0 saturated carbocycles. The van der Waals surface area contributed by atoms with E-state index in [0.29, 0.717) is 6.04 Å². The van der Waals surface area contributed by atoms with Crippen LogP contribution in [0.25, 0.3) is 5.69 Å². The fourth-order valence-electron chi connectivity index (χ4n) is 1.79. The van der Waals surface area contributed by atoms with Gasteiger partial charge in [0, 0.05) is 6.04 Å². The summed E-state index contributed by atoms with van der Waals surface area (Å²) in [6, 6.07) is 4.37. The van der Waals surface area contributed by atoms with E-state index in [9.17, 15) is 0 Å². The van der Waals surface area contributed by atoms with Crippen molar-refractivity contribution in [3.8, 4) is 5.69 Å². The molecule has 5 heteroatoms. The molecule has 2 heterocycles. The van der Waals surface area contributed by atoms with Gasteiger partial charge in [-0.05, 0) is 25.1 Å². The summed E-state index contributed by atoms with van der Waals surface area (Å²) in [7, 11) is 0. The Morgan fingerprint density at radius 1 is 1.35 bits per heavy atom. The van der Waals surface area contributed by atoms with Crippen molar-refractivity contribution in [1.82, 2.24) is 25.1 Å². The second-order valence-corrected chi connectivity index (χ2v) is 3.80. The lowest BCUT2D eigenvalue weighted by Crippen LogP contribution is -2.21. The molecule has 0 radical (unpaired) electrons. The van der Waals surface area contributed by atoms with Crippen molar-refractivity contribution in [2.75, 3.05) is 6.54 Å². The van der Waals surface area contributed by atoms with Gasteiger partial charge in [0.25, 0.3) is 0 Å². The van der Waals surface area contributed by atoms with Gasteiger partial charge in [-0.3, -0.25) is 4.98 Å². The van der Waals surface area contributed by atoms with Gasteiger partial charge in [-0.2, -0.15) is 5.10 Å². The summed E-state index contributed by atoms with van der Waals surface area (Å²) in [4.78, 5) is 8.39. The first-order chi connectivity index (χ1) is 8.35. The van der Waals surface area contributed by atoms with Crippen LogP contribution < -0.4 is 5.32 Å². The zero-order valence-corrected chi connectivity index (χ0v) is 10.2. The molecular formula is C12H17N5. The van der Waals surface area contributed by atoms with Crippen LogP contribution in [0.2, 0.25) is 0 Å². The number of nitrogens with one attached hydrogen (secondary N) is 1. The van der Waals surface area contributed by atoms with Crippen LogP contribution >= 0.6 is 0 Å². The van der Waals surface area contributed by atoms with E-state index in [4.69, 9.17) is 0 Å². The summed E-state index contributed by atoms with van der Waals surface area (Å²) in [5.74, 6) is 0. The summed E-state index contributed by atoms with van der Waals surface area (Å²) in [6.07, 6.45) is 6.03. The van der Waals surface area contributed by atoms with Crippen molar-refractivity contribution in [3.05, 3.63) is 36.7 Å². The van der Waals surface area contributed by atoms with Gasteiger partial charge in [-0.15, -0.1) is 0 Å². The molecule has 0 saturated heterocycles. The highest BCUT2D eigenvalue weighted by Crippen LogP contribution is 2.15. The maximum Gasteiger partial charge on any atom is 0.138 e. The molecule has 5 nitrogen and oxygen atoms in total. The number of pyridine rings is 1. The monoisotopic (exact) mass is 231 g/mol. The van der Waals surface area contributed by atoms with Crippen molar-refractivity contribution >= 4 is 0 Å². The average Bonchev–Trinajstić information content (AvgIpc) is 2.90. The molecule has 1 unspecified atom stereocenters. The van der Waals surface area contributed by atoms with Crippen LogP contribution in [0.1, 0.15) is 32.0 Å². The van der Waals surface area contributed by atoms with Crippen LogP contribution in [-0.4, -0.2) is 26.3 Å². The Balaban J connectivity index is 2.17. The van der Waals surface area contributed by atoms with E-state index < -0.39 is 0 Å². The fourth-order valence-corrected chi connectivity index (χ4v) is 1.79. The Hall–Kier alpha value is -1.75. The van der Waals surface area contributed by atoms with E-state index in [1.54, 1.807) is 11.0 Å². The standard InChI is InChI=1S/C12H17N5/c1-3-11(14-4-2)12-6-5-10(7-15-12)17-9-13-8-16-17/h5-9,11,14H,3-4H2,1-2H3. The van der Waals surface area contributed by atoms with Crippen molar-refractivity contribution in [1.29, 1.82) is 0 Å². The molecule has 2 rings (SSSR count). The number of hydrogen-bond donors (Lipinski definition) is 1. The van der Waals surface area contributed by atoms with Gasteiger partial charge in [-0.25, -0.2) is 9.67 Å². The quantitative estimate of drug-likeness (QED) is 0.851. The van der Waals surface area contributed by atoms with Crippen LogP contribution in [-0.2, 0) is 0 Å². The Kier molecular flexibility index (Phi) is 3.82. The summed E-state index contributed by atoms with van der Waals surface area (Å²) in [5.41, 5.74) is 2.00. The van der Waals surface area contributed by atoms with Crippen molar-refractivity contribution in [2.45, 2.75) is 26.3 Å². The molecule has 0 aliphatic rings. The van der Waals surface area contributed by atoms with E-state index in [1.807, 2.05) is 18.3 Å². The molecule has 2 aromatic heterocycles. The second kappa shape index (κ2) is 5.54. The van der Waals surface area contributed by atoms with Crippen molar-refractivity contribution in [3.63, 3.8) is 0 Å². The Morgan fingerprint density at radius 3 is 2.76 bits per heavy atom. The molecule has 0 aromatic carbocycles. The lowest BCUT2D eigenvalue weighted by molar-refractivity contribution is 0.524. The first-order valence-electron chi connectivity index (χ1n) is 5.89. The summed E-state index contributed by atoms with van der Waals surface area (Å²) < 4.78 is 1.70. The maximum atomic E-state index is 4.47. The van der Waals surface area contributed by atoms with Crippen LogP contribution in [0.4, 0.5) is 0 Å². The van der Waals surface area contributed by atoms with Crippen LogP contribution in [0.3, 0.4) is 0 Å². The highest BCUT2D eigenvalue weighted by atomic mass is 15.3. The van der Waals surface area contributed by atoms with Crippen molar-refractivity contribution in [2.24, 2.45) is 0 Å². The number of nitrogens with zero attached hydrogens (tertiary/aromatic N) is 4. The SMILES string of the molecule is CCNC(CC)c1ccc(-n2cncn2)cn1. The number of rotatable bonds is 5. The van der Waals surface area contributed by atoms with E-state index in [2.05, 4.69) is 34.2 Å². The lowest BCUT2D eigenvalue weighted by atomic mass is 10.1. The van der Waals surface area contributed by atoms with E-state index in [-0.39, 0.29) is 0 Å². The summed E-state index contributed by atoms with van der Waals surface area (Å²) in [5, 5.41) is 7.47. The molecule has 0 spiro atoms. The normalized spacial score (nSPS) is 12.6. The minimum Gasteiger partial charge on any atom is -0.309 e. The first-order valence-corrected chi connectivity index (χ1v) is 5.89. The molecule has 0 amide bonds. The topological polar surface area (TPSA) is 55.6 Å². The molecule has 0 fully saturated rings. The van der Waals surface area contributed by atoms with E-state index in [1.165, 1.54) is 6.33 Å². The Morgan fingerprint density at radius 2 is 2.24 bits per heavy atom. The molecule has 0 bridgehead atoms. The molecule has 90 valence electrons. The molecular weight excluding hydrogens is 214 g/mol. The van der Waals surface area contributed by atoms with Gasteiger partial charge in [0.1, 0.15) is 12.7 Å². The molecule has 1 atom stereocenters. The number of aromatic nitrogens is 4. The predicted octanol–water partition coefficient (Wildman–Crippen LogP) is 1.72. The zero-order chi connectivity index (χ0) is 12.1. The van der Waals surface area contributed by atoms with E-state index in [0.717, 1.165) is 24.3 Å². The van der Waals surface area contributed by atoms with Crippen LogP contribution in [0.5, 0.6) is 0 Å². The molecule has 0 aliphatic carbocycles. The molecule has 2 aromatic rings. The second-order valence-electron chi connectivity index (χ2n) is 3.80. The highest BCUT2D eigenvalue weighted by molar-refractivity contribution is 5.28. The average molecular weight is 231 g/mol. The zero-order valence-electron chi connectivity index (χ0n) is 10.2. The van der Waals surface area contributed by atoms with Gasteiger partial charge in [0.05, 0.1) is 17.6 Å². The fraction of sp³-hybridized carbons (Fsp3) is 0.417. The van der Waals surface area contributed by atoms with Crippen LogP contribution in [0, 0.1) is 0 Å². The maximum absolute atomic E-state index is 4.47. The van der Waals surface area contributed by atoms with Gasteiger partial charge in [0.15, 0.2) is 0 Å². The first kappa shape index (κ1) is 11.7. The minimum atomic E-state index is 0.324. The molecule has 0 aliphatic heterocycles. The van der Waals surface area contributed by atoms with Crippen molar-refractivity contribution < 1.29 is 0 Å². The summed E-state index contributed by atoms with van der Waals surface area (Å²) in [6.45, 7) is 5.21. The highest BCUT2D eigenvalue weighted by Gasteiger charge is 2.09. The molecule has 1 N–H and O–H groups in total. The third kappa shape index (κ3) is 2.68. The third-order valence-corrected chi connectivity index (χ3v) is 2.67. The minimum absolute atomic E-state index is 0.324.